The molecule has 4 aromatic rings. The van der Waals surface area contributed by atoms with Gasteiger partial charge in [-0.2, -0.15) is 18.6 Å². The molecule has 0 atom stereocenters. The van der Waals surface area contributed by atoms with Crippen LogP contribution in [-0.4, -0.2) is 62.8 Å². The van der Waals surface area contributed by atoms with Crippen molar-refractivity contribution >= 4 is 48.3 Å². The summed E-state index contributed by atoms with van der Waals surface area (Å²) in [6.45, 7) is 2.52. The summed E-state index contributed by atoms with van der Waals surface area (Å²) < 4.78 is 29.6. The SMILES string of the molecule is CN1CCCn2nc(C(=O)Nc3nc4ccc(NS(=O)(=O)c5ncn[nH]5)cc4s3)cc2C1. The molecule has 12 nitrogen and oxygen atoms in total. The van der Waals surface area contributed by atoms with Crippen molar-refractivity contribution in [3.63, 3.8) is 0 Å². The molecule has 166 valence electrons. The van der Waals surface area contributed by atoms with Gasteiger partial charge in [-0.3, -0.25) is 19.5 Å². The van der Waals surface area contributed by atoms with Crippen molar-refractivity contribution in [2.24, 2.45) is 0 Å². The number of aromatic nitrogens is 6. The van der Waals surface area contributed by atoms with E-state index in [9.17, 15) is 13.2 Å². The first-order valence-corrected chi connectivity index (χ1v) is 12.0. The number of thiazole rings is 1. The van der Waals surface area contributed by atoms with Gasteiger partial charge in [0.1, 0.15) is 6.33 Å². The number of anilines is 2. The van der Waals surface area contributed by atoms with Gasteiger partial charge in [0.15, 0.2) is 10.8 Å². The van der Waals surface area contributed by atoms with E-state index in [0.717, 1.165) is 38.1 Å². The van der Waals surface area contributed by atoms with Gasteiger partial charge in [-0.25, -0.2) is 15.1 Å². The third-order valence-corrected chi connectivity index (χ3v) is 7.09. The molecule has 5 rings (SSSR count). The average Bonchev–Trinajstić information content (AvgIpc) is 3.46. The largest absolute Gasteiger partial charge is 0.300 e. The maximum atomic E-state index is 12.7. The molecule has 0 unspecified atom stereocenters. The summed E-state index contributed by atoms with van der Waals surface area (Å²) in [6.07, 6.45) is 2.10. The van der Waals surface area contributed by atoms with Crippen molar-refractivity contribution in [3.8, 4) is 0 Å². The summed E-state index contributed by atoms with van der Waals surface area (Å²) >= 11 is 1.24. The van der Waals surface area contributed by atoms with Crippen LogP contribution in [0.5, 0.6) is 0 Å². The minimum atomic E-state index is -3.87. The molecule has 0 aliphatic carbocycles. The van der Waals surface area contributed by atoms with Crippen LogP contribution in [0.15, 0.2) is 35.7 Å². The number of hydrogen-bond acceptors (Lipinski definition) is 9. The predicted octanol–water partition coefficient (Wildman–Crippen LogP) is 1.50. The minimum Gasteiger partial charge on any atom is -0.300 e. The van der Waals surface area contributed by atoms with Gasteiger partial charge >= 0.3 is 0 Å². The molecular weight excluding hydrogens is 454 g/mol. The van der Waals surface area contributed by atoms with Crippen LogP contribution in [-0.2, 0) is 23.1 Å². The number of aryl methyl sites for hydroxylation is 1. The normalized spacial score (nSPS) is 14.8. The first-order chi connectivity index (χ1) is 15.4. The number of fused-ring (bicyclic) bond motifs is 2. The molecule has 1 aliphatic rings. The molecule has 0 fully saturated rings. The summed E-state index contributed by atoms with van der Waals surface area (Å²) in [4.78, 5) is 23.0. The van der Waals surface area contributed by atoms with Crippen LogP contribution < -0.4 is 10.0 Å². The van der Waals surface area contributed by atoms with Crippen LogP contribution in [0.2, 0.25) is 0 Å². The molecule has 1 amide bonds. The van der Waals surface area contributed by atoms with E-state index >= 15 is 0 Å². The molecular formula is C18H19N9O3S2. The van der Waals surface area contributed by atoms with Gasteiger partial charge in [0.2, 0.25) is 0 Å². The Morgan fingerprint density at radius 2 is 2.12 bits per heavy atom. The van der Waals surface area contributed by atoms with E-state index in [1.54, 1.807) is 24.3 Å². The van der Waals surface area contributed by atoms with Gasteiger partial charge in [-0.1, -0.05) is 11.3 Å². The van der Waals surface area contributed by atoms with Crippen molar-refractivity contribution in [1.29, 1.82) is 0 Å². The number of sulfonamides is 1. The van der Waals surface area contributed by atoms with Crippen LogP contribution in [0.3, 0.4) is 0 Å². The third kappa shape index (κ3) is 4.06. The lowest BCUT2D eigenvalue weighted by atomic mass is 10.3. The molecule has 4 heterocycles. The minimum absolute atomic E-state index is 0.278. The van der Waals surface area contributed by atoms with E-state index in [-0.39, 0.29) is 11.1 Å². The third-order valence-electron chi connectivity index (χ3n) is 4.95. The van der Waals surface area contributed by atoms with Crippen molar-refractivity contribution in [2.45, 2.75) is 24.7 Å². The Labute approximate surface area is 186 Å². The Balaban J connectivity index is 1.33. The van der Waals surface area contributed by atoms with Gasteiger partial charge in [0, 0.05) is 19.6 Å². The Bertz CT molecular complexity index is 1390. The zero-order valence-corrected chi connectivity index (χ0v) is 18.6. The first-order valence-electron chi connectivity index (χ1n) is 9.73. The molecule has 0 saturated heterocycles. The smallest absolute Gasteiger partial charge is 0.297 e. The van der Waals surface area contributed by atoms with Gasteiger partial charge < -0.3 is 4.90 Å². The highest BCUT2D eigenvalue weighted by atomic mass is 32.2. The number of nitrogens with one attached hydrogen (secondary N) is 3. The zero-order valence-electron chi connectivity index (χ0n) is 16.9. The summed E-state index contributed by atoms with van der Waals surface area (Å²) in [5.41, 5.74) is 2.32. The van der Waals surface area contributed by atoms with E-state index in [0.29, 0.717) is 26.7 Å². The topological polar surface area (TPSA) is 151 Å². The number of aromatic amines is 1. The van der Waals surface area contributed by atoms with E-state index < -0.39 is 10.0 Å². The zero-order chi connectivity index (χ0) is 22.3. The second-order valence-corrected chi connectivity index (χ2v) is 10.0. The maximum Gasteiger partial charge on any atom is 0.297 e. The van der Waals surface area contributed by atoms with Crippen LogP contribution in [0.4, 0.5) is 10.8 Å². The number of nitrogens with zero attached hydrogens (tertiary/aromatic N) is 6. The quantitative estimate of drug-likeness (QED) is 0.394. The lowest BCUT2D eigenvalue weighted by Crippen LogP contribution is -2.17. The fourth-order valence-corrected chi connectivity index (χ4v) is 5.26. The van der Waals surface area contributed by atoms with Crippen molar-refractivity contribution in [3.05, 3.63) is 42.0 Å². The van der Waals surface area contributed by atoms with Crippen molar-refractivity contribution < 1.29 is 13.2 Å². The Morgan fingerprint density at radius 3 is 2.94 bits per heavy atom. The molecule has 0 bridgehead atoms. The fraction of sp³-hybridized carbons (Fsp3) is 0.278. The van der Waals surface area contributed by atoms with Crippen LogP contribution in [0, 0.1) is 0 Å². The highest BCUT2D eigenvalue weighted by molar-refractivity contribution is 7.92. The highest BCUT2D eigenvalue weighted by Gasteiger charge is 2.20. The lowest BCUT2D eigenvalue weighted by molar-refractivity contribution is 0.102. The highest BCUT2D eigenvalue weighted by Crippen LogP contribution is 2.29. The van der Waals surface area contributed by atoms with Crippen molar-refractivity contribution in [1.82, 2.24) is 34.8 Å². The standard InChI is InChI=1S/C18H19N9O3S2/c1-26-5-2-6-27-12(9-26)8-14(24-27)16(28)22-17-21-13-4-3-11(7-15(13)31-17)25-32(29,30)18-19-10-20-23-18/h3-4,7-8,10,25H,2,5-6,9H2,1H3,(H,19,20,23)(H,21,22,28). The van der Waals surface area contributed by atoms with Gasteiger partial charge in [0.05, 0.1) is 21.6 Å². The van der Waals surface area contributed by atoms with Gasteiger partial charge in [0.25, 0.3) is 21.1 Å². The van der Waals surface area contributed by atoms with E-state index in [1.165, 1.54) is 11.3 Å². The lowest BCUT2D eigenvalue weighted by Gasteiger charge is -2.10. The van der Waals surface area contributed by atoms with Crippen LogP contribution in [0.25, 0.3) is 10.2 Å². The summed E-state index contributed by atoms with van der Waals surface area (Å²) in [5.74, 6) is -0.335. The van der Waals surface area contributed by atoms with Crippen LogP contribution in [0.1, 0.15) is 22.6 Å². The molecule has 3 aromatic heterocycles. The number of carbonyl (C=O) groups excluding carboxylic acids is 1. The van der Waals surface area contributed by atoms with Gasteiger partial charge in [-0.05, 0) is 37.7 Å². The van der Waals surface area contributed by atoms with E-state index in [4.69, 9.17) is 0 Å². The summed E-state index contributed by atoms with van der Waals surface area (Å²) in [6, 6.07) is 6.71. The van der Waals surface area contributed by atoms with Crippen molar-refractivity contribution in [2.75, 3.05) is 23.6 Å². The first kappa shape index (κ1) is 20.5. The van der Waals surface area contributed by atoms with E-state index in [2.05, 4.69) is 40.2 Å². The Morgan fingerprint density at radius 1 is 1.25 bits per heavy atom. The maximum absolute atomic E-state index is 12.7. The monoisotopic (exact) mass is 473 g/mol. The number of hydrogen-bond donors (Lipinski definition) is 3. The van der Waals surface area contributed by atoms with Crippen LogP contribution >= 0.6 is 11.3 Å². The second kappa shape index (κ2) is 7.96. The second-order valence-electron chi connectivity index (χ2n) is 7.39. The molecule has 0 radical (unpaired) electrons. The Kier molecular flexibility index (Phi) is 5.11. The van der Waals surface area contributed by atoms with Gasteiger partial charge in [-0.15, -0.1) is 0 Å². The molecule has 1 aromatic carbocycles. The molecule has 1 aliphatic heterocycles. The molecule has 14 heteroatoms. The van der Waals surface area contributed by atoms with E-state index in [1.807, 2.05) is 11.7 Å². The molecule has 0 saturated carbocycles. The number of rotatable bonds is 5. The predicted molar refractivity (Wildman–Crippen MR) is 118 cm³/mol. The number of carbonyl (C=O) groups is 1. The number of amides is 1. The molecule has 3 N–H and O–H groups in total. The number of benzene rings is 1. The average molecular weight is 474 g/mol. The molecule has 0 spiro atoms. The molecule has 32 heavy (non-hydrogen) atoms. The Hall–Kier alpha value is -3.36. The fourth-order valence-electron chi connectivity index (χ4n) is 3.46. The number of H-pyrrole nitrogens is 1. The summed E-state index contributed by atoms with van der Waals surface area (Å²) in [7, 11) is -1.83. The summed E-state index contributed by atoms with van der Waals surface area (Å²) in [5, 5.41) is 13.2.